The molecule has 0 spiro atoms. The molecule has 22 heavy (non-hydrogen) atoms. The van der Waals surface area contributed by atoms with Gasteiger partial charge in [-0.1, -0.05) is 11.6 Å². The molecule has 0 aliphatic carbocycles. The molecule has 0 saturated carbocycles. The standard InChI is InChI=1S/C15H21ClN2O3.ClH/c1-20-13-8-14(21-2)12(7-11(13)16)18-15(19)4-3-10-5-6-17-9-10;/h7-8,10,17H,3-6,9H2,1-2H3,(H,18,19);1H. The van der Waals surface area contributed by atoms with Crippen LogP contribution in [0.5, 0.6) is 11.5 Å². The molecule has 1 amide bonds. The Kier molecular flexibility index (Phi) is 7.79. The number of ether oxygens (including phenoxy) is 2. The number of amides is 1. The molecule has 124 valence electrons. The summed E-state index contributed by atoms with van der Waals surface area (Å²) in [6.45, 7) is 2.05. The van der Waals surface area contributed by atoms with Crippen LogP contribution in [-0.4, -0.2) is 33.2 Å². The predicted molar refractivity (Wildman–Crippen MR) is 90.6 cm³/mol. The van der Waals surface area contributed by atoms with Gasteiger partial charge in [-0.25, -0.2) is 0 Å². The van der Waals surface area contributed by atoms with E-state index in [0.717, 1.165) is 25.9 Å². The van der Waals surface area contributed by atoms with Crippen LogP contribution in [0.2, 0.25) is 5.02 Å². The number of hydrogen-bond acceptors (Lipinski definition) is 4. The first-order valence-electron chi connectivity index (χ1n) is 7.06. The Morgan fingerprint density at radius 2 is 2.09 bits per heavy atom. The highest BCUT2D eigenvalue weighted by Crippen LogP contribution is 2.36. The van der Waals surface area contributed by atoms with Gasteiger partial charge in [0.25, 0.3) is 0 Å². The number of carbonyl (C=O) groups excluding carboxylic acids is 1. The van der Waals surface area contributed by atoms with E-state index in [4.69, 9.17) is 21.1 Å². The van der Waals surface area contributed by atoms with Crippen molar-refractivity contribution in [1.82, 2.24) is 5.32 Å². The minimum absolute atomic E-state index is 0. The van der Waals surface area contributed by atoms with E-state index in [2.05, 4.69) is 10.6 Å². The largest absolute Gasteiger partial charge is 0.495 e. The van der Waals surface area contributed by atoms with Crippen molar-refractivity contribution in [3.63, 3.8) is 0 Å². The Hall–Kier alpha value is -1.17. The highest BCUT2D eigenvalue weighted by molar-refractivity contribution is 6.32. The number of benzene rings is 1. The molecule has 1 aliphatic heterocycles. The molecule has 2 N–H and O–H groups in total. The lowest BCUT2D eigenvalue weighted by Crippen LogP contribution is -2.15. The lowest BCUT2D eigenvalue weighted by molar-refractivity contribution is -0.116. The van der Waals surface area contributed by atoms with E-state index in [0.29, 0.717) is 34.5 Å². The third-order valence-corrected chi connectivity index (χ3v) is 3.99. The van der Waals surface area contributed by atoms with E-state index in [-0.39, 0.29) is 18.3 Å². The van der Waals surface area contributed by atoms with Crippen LogP contribution in [0.25, 0.3) is 0 Å². The number of hydrogen-bond donors (Lipinski definition) is 2. The van der Waals surface area contributed by atoms with E-state index in [9.17, 15) is 4.79 Å². The number of carbonyl (C=O) groups is 1. The van der Waals surface area contributed by atoms with Gasteiger partial charge >= 0.3 is 0 Å². The molecule has 5 nitrogen and oxygen atoms in total. The maximum Gasteiger partial charge on any atom is 0.224 e. The molecule has 1 fully saturated rings. The predicted octanol–water partition coefficient (Wildman–Crippen LogP) is 3.11. The average molecular weight is 349 g/mol. The lowest BCUT2D eigenvalue weighted by Gasteiger charge is -2.13. The van der Waals surface area contributed by atoms with Crippen molar-refractivity contribution in [3.05, 3.63) is 17.2 Å². The summed E-state index contributed by atoms with van der Waals surface area (Å²) >= 11 is 6.08. The second kappa shape index (κ2) is 9.08. The molecular formula is C15H22Cl2N2O3. The second-order valence-corrected chi connectivity index (χ2v) is 5.54. The summed E-state index contributed by atoms with van der Waals surface area (Å²) in [4.78, 5) is 12.0. The Bertz CT molecular complexity index is 506. The van der Waals surface area contributed by atoms with Crippen LogP contribution < -0.4 is 20.1 Å². The van der Waals surface area contributed by atoms with Crippen LogP contribution in [0, 0.1) is 5.92 Å². The zero-order valence-electron chi connectivity index (χ0n) is 12.8. The quantitative estimate of drug-likeness (QED) is 0.829. The summed E-state index contributed by atoms with van der Waals surface area (Å²) in [6, 6.07) is 3.31. The number of methoxy groups -OCH3 is 2. The van der Waals surface area contributed by atoms with Gasteiger partial charge in [-0.3, -0.25) is 4.79 Å². The highest BCUT2D eigenvalue weighted by atomic mass is 35.5. The topological polar surface area (TPSA) is 59.6 Å². The van der Waals surface area contributed by atoms with Crippen LogP contribution in [0.4, 0.5) is 5.69 Å². The fraction of sp³-hybridized carbons (Fsp3) is 0.533. The van der Waals surface area contributed by atoms with Gasteiger partial charge in [0, 0.05) is 12.5 Å². The first-order chi connectivity index (χ1) is 10.1. The molecule has 1 saturated heterocycles. The maximum absolute atomic E-state index is 12.0. The van der Waals surface area contributed by atoms with Gasteiger partial charge in [-0.2, -0.15) is 0 Å². The van der Waals surface area contributed by atoms with Gasteiger partial charge in [-0.15, -0.1) is 12.4 Å². The molecule has 1 aromatic carbocycles. The van der Waals surface area contributed by atoms with Crippen molar-refractivity contribution in [2.24, 2.45) is 5.92 Å². The normalized spacial score (nSPS) is 16.8. The van der Waals surface area contributed by atoms with E-state index >= 15 is 0 Å². The average Bonchev–Trinajstić information content (AvgIpc) is 2.99. The second-order valence-electron chi connectivity index (χ2n) is 5.13. The highest BCUT2D eigenvalue weighted by Gasteiger charge is 2.17. The van der Waals surface area contributed by atoms with E-state index in [1.54, 1.807) is 19.2 Å². The lowest BCUT2D eigenvalue weighted by atomic mass is 10.0. The molecule has 1 aliphatic rings. The van der Waals surface area contributed by atoms with Gasteiger partial charge in [-0.05, 0) is 37.9 Å². The Labute approximate surface area is 142 Å². The van der Waals surface area contributed by atoms with Crippen molar-refractivity contribution in [2.75, 3.05) is 32.6 Å². The molecular weight excluding hydrogens is 327 g/mol. The summed E-state index contributed by atoms with van der Waals surface area (Å²) in [5, 5.41) is 6.59. The van der Waals surface area contributed by atoms with Gasteiger partial charge in [0.1, 0.15) is 11.5 Å². The fourth-order valence-corrected chi connectivity index (χ4v) is 2.71. The summed E-state index contributed by atoms with van der Waals surface area (Å²) in [5.41, 5.74) is 0.567. The minimum Gasteiger partial charge on any atom is -0.495 e. The van der Waals surface area contributed by atoms with Gasteiger partial charge in [0.15, 0.2) is 0 Å². The van der Waals surface area contributed by atoms with E-state index in [1.807, 2.05) is 0 Å². The monoisotopic (exact) mass is 348 g/mol. The van der Waals surface area contributed by atoms with Crippen LogP contribution >= 0.6 is 24.0 Å². The molecule has 1 unspecified atom stereocenters. The zero-order chi connectivity index (χ0) is 15.2. The number of rotatable bonds is 6. The summed E-state index contributed by atoms with van der Waals surface area (Å²) in [5.74, 6) is 1.62. The molecule has 0 radical (unpaired) electrons. The summed E-state index contributed by atoms with van der Waals surface area (Å²) in [6.07, 6.45) is 2.54. The van der Waals surface area contributed by atoms with Gasteiger partial charge in [0.05, 0.1) is 24.9 Å². The summed E-state index contributed by atoms with van der Waals surface area (Å²) in [7, 11) is 3.08. The third kappa shape index (κ3) is 4.93. The Morgan fingerprint density at radius 1 is 1.36 bits per heavy atom. The third-order valence-electron chi connectivity index (χ3n) is 3.69. The summed E-state index contributed by atoms with van der Waals surface area (Å²) < 4.78 is 10.4. The Balaban J connectivity index is 0.00000242. The number of halogens is 2. The van der Waals surface area contributed by atoms with Crippen molar-refractivity contribution in [2.45, 2.75) is 19.3 Å². The molecule has 1 atom stereocenters. The maximum atomic E-state index is 12.0. The van der Waals surface area contributed by atoms with E-state index in [1.165, 1.54) is 7.11 Å². The van der Waals surface area contributed by atoms with Crippen LogP contribution in [0.15, 0.2) is 12.1 Å². The molecule has 0 aromatic heterocycles. The number of anilines is 1. The molecule has 1 aromatic rings. The van der Waals surface area contributed by atoms with Crippen molar-refractivity contribution < 1.29 is 14.3 Å². The fourth-order valence-electron chi connectivity index (χ4n) is 2.47. The molecule has 0 bridgehead atoms. The first kappa shape index (κ1) is 18.9. The van der Waals surface area contributed by atoms with Crippen molar-refractivity contribution in [3.8, 4) is 11.5 Å². The molecule has 2 rings (SSSR count). The zero-order valence-corrected chi connectivity index (χ0v) is 14.4. The van der Waals surface area contributed by atoms with Crippen LogP contribution in [-0.2, 0) is 4.79 Å². The molecule has 1 heterocycles. The van der Waals surface area contributed by atoms with Gasteiger partial charge in [0.2, 0.25) is 5.91 Å². The number of nitrogens with one attached hydrogen (secondary N) is 2. The molecule has 7 heteroatoms. The SMILES string of the molecule is COc1cc(OC)c(NC(=O)CCC2CCNC2)cc1Cl.Cl. The first-order valence-corrected chi connectivity index (χ1v) is 7.44. The van der Waals surface area contributed by atoms with Crippen LogP contribution in [0.1, 0.15) is 19.3 Å². The van der Waals surface area contributed by atoms with Crippen LogP contribution in [0.3, 0.4) is 0 Å². The Morgan fingerprint density at radius 3 is 2.68 bits per heavy atom. The minimum atomic E-state index is -0.0265. The van der Waals surface area contributed by atoms with Crippen molar-refractivity contribution >= 4 is 35.6 Å². The van der Waals surface area contributed by atoms with Gasteiger partial charge < -0.3 is 20.1 Å². The van der Waals surface area contributed by atoms with E-state index < -0.39 is 0 Å². The van der Waals surface area contributed by atoms with Crippen molar-refractivity contribution in [1.29, 1.82) is 0 Å². The smallest absolute Gasteiger partial charge is 0.224 e.